The largest absolute Gasteiger partial charge is 0.343 e. The zero-order valence-corrected chi connectivity index (χ0v) is 16.3. The molecule has 0 saturated carbocycles. The molecule has 0 radical (unpaired) electrons. The van der Waals surface area contributed by atoms with E-state index in [-0.39, 0.29) is 19.0 Å². The predicted octanol–water partition coefficient (Wildman–Crippen LogP) is 3.81. The van der Waals surface area contributed by atoms with Gasteiger partial charge >= 0.3 is 0 Å². The van der Waals surface area contributed by atoms with E-state index in [1.54, 1.807) is 0 Å². The molecule has 5 rings (SSSR count). The van der Waals surface area contributed by atoms with Crippen molar-refractivity contribution in [2.24, 2.45) is 0 Å². The van der Waals surface area contributed by atoms with Crippen molar-refractivity contribution in [2.75, 3.05) is 6.61 Å². The fourth-order valence-electron chi connectivity index (χ4n) is 3.95. The summed E-state index contributed by atoms with van der Waals surface area (Å²) in [6.45, 7) is 0.509. The maximum absolute atomic E-state index is 13.1. The van der Waals surface area contributed by atoms with Gasteiger partial charge in [0.15, 0.2) is 6.10 Å². The Morgan fingerprint density at radius 3 is 1.97 bits per heavy atom. The van der Waals surface area contributed by atoms with Crippen LogP contribution in [0.25, 0.3) is 0 Å². The lowest BCUT2D eigenvalue weighted by Gasteiger charge is -2.29. The molecule has 0 spiro atoms. The minimum atomic E-state index is -1.16. The number of benzene rings is 3. The van der Waals surface area contributed by atoms with Crippen LogP contribution in [0.2, 0.25) is 0 Å². The lowest BCUT2D eigenvalue weighted by molar-refractivity contribution is -0.200. The highest BCUT2D eigenvalue weighted by Crippen LogP contribution is 2.45. The number of ether oxygens (including phenoxy) is 4. The van der Waals surface area contributed by atoms with Gasteiger partial charge < -0.3 is 18.9 Å². The molecule has 5 heteroatoms. The zero-order valence-electron chi connectivity index (χ0n) is 16.3. The first-order chi connectivity index (χ1) is 14.8. The summed E-state index contributed by atoms with van der Waals surface area (Å²) in [6, 6.07) is 29.1. The molecule has 30 heavy (non-hydrogen) atoms. The maximum Gasteiger partial charge on any atom is 0.223 e. The normalized spacial score (nSPS) is 25.1. The summed E-state index contributed by atoms with van der Waals surface area (Å²) in [5.74, 6) is -1.42. The summed E-state index contributed by atoms with van der Waals surface area (Å²) in [5, 5.41) is 0. The van der Waals surface area contributed by atoms with E-state index in [4.69, 9.17) is 18.9 Å². The second-order valence-corrected chi connectivity index (χ2v) is 7.41. The molecular weight excluding hydrogens is 380 g/mol. The molecule has 2 heterocycles. The molecule has 3 aromatic carbocycles. The van der Waals surface area contributed by atoms with Gasteiger partial charge in [-0.3, -0.25) is 4.79 Å². The molecule has 0 aromatic heterocycles. The topological polar surface area (TPSA) is 54.0 Å². The maximum atomic E-state index is 13.1. The SMILES string of the molecule is O=C1[C@@H](OCc2ccccc2)OC[C@@H]2OC(c3ccccc3)(c3ccccc3)O[C@H]12. The van der Waals surface area contributed by atoms with Crippen LogP contribution in [-0.4, -0.2) is 30.9 Å². The van der Waals surface area contributed by atoms with Crippen LogP contribution in [0.5, 0.6) is 0 Å². The molecule has 152 valence electrons. The second kappa shape index (κ2) is 8.13. The number of carbonyl (C=O) groups excluding carboxylic acids is 1. The summed E-state index contributed by atoms with van der Waals surface area (Å²) in [4.78, 5) is 13.1. The fourth-order valence-corrected chi connectivity index (χ4v) is 3.95. The van der Waals surface area contributed by atoms with Gasteiger partial charge in [0.05, 0.1) is 13.2 Å². The molecule has 3 aromatic rings. The Balaban J connectivity index is 1.40. The van der Waals surface area contributed by atoms with Crippen LogP contribution in [0.3, 0.4) is 0 Å². The first kappa shape index (κ1) is 19.2. The zero-order chi connectivity index (χ0) is 20.4. The monoisotopic (exact) mass is 402 g/mol. The minimum Gasteiger partial charge on any atom is -0.343 e. The first-order valence-corrected chi connectivity index (χ1v) is 10.0. The number of ketones is 1. The summed E-state index contributed by atoms with van der Waals surface area (Å²) in [5.41, 5.74) is 2.64. The Hall–Kier alpha value is -2.83. The Labute approximate surface area is 175 Å². The quantitative estimate of drug-likeness (QED) is 0.650. The molecule has 2 fully saturated rings. The minimum absolute atomic E-state index is 0.220. The van der Waals surface area contributed by atoms with Crippen molar-refractivity contribution in [3.63, 3.8) is 0 Å². The van der Waals surface area contributed by atoms with Crippen molar-refractivity contribution in [3.05, 3.63) is 108 Å². The van der Waals surface area contributed by atoms with E-state index in [2.05, 4.69) is 0 Å². The Morgan fingerprint density at radius 1 is 0.800 bits per heavy atom. The molecule has 5 nitrogen and oxygen atoms in total. The summed E-state index contributed by atoms with van der Waals surface area (Å²) in [6.07, 6.45) is -2.24. The number of Topliss-reactive ketones (excluding diaryl/α,β-unsaturated/α-hetero) is 1. The lowest BCUT2D eigenvalue weighted by Crippen LogP contribution is -2.49. The van der Waals surface area contributed by atoms with Crippen molar-refractivity contribution in [2.45, 2.75) is 30.9 Å². The van der Waals surface area contributed by atoms with Gasteiger partial charge in [0, 0.05) is 11.1 Å². The van der Waals surface area contributed by atoms with Crippen LogP contribution in [0.4, 0.5) is 0 Å². The standard InChI is InChI=1S/C25H22O5/c26-22-23-21(17-28-24(22)27-16-18-10-4-1-5-11-18)29-25(30-23,19-12-6-2-7-13-19)20-14-8-3-9-15-20/h1-15,21,23-24H,16-17H2/t21-,23-,24-/m0/s1. The number of hydrogen-bond acceptors (Lipinski definition) is 5. The van der Waals surface area contributed by atoms with Gasteiger partial charge in [0.2, 0.25) is 17.9 Å². The van der Waals surface area contributed by atoms with Crippen LogP contribution in [-0.2, 0) is 36.1 Å². The molecule has 0 amide bonds. The third-order valence-electron chi connectivity index (χ3n) is 5.42. The van der Waals surface area contributed by atoms with Crippen LogP contribution >= 0.6 is 0 Å². The first-order valence-electron chi connectivity index (χ1n) is 10.0. The average molecular weight is 402 g/mol. The number of carbonyl (C=O) groups is 1. The number of rotatable bonds is 5. The molecule has 3 atom stereocenters. The van der Waals surface area contributed by atoms with E-state index in [0.717, 1.165) is 16.7 Å². The van der Waals surface area contributed by atoms with Gasteiger partial charge in [-0.2, -0.15) is 0 Å². The molecular formula is C25H22O5. The van der Waals surface area contributed by atoms with Crippen molar-refractivity contribution in [1.82, 2.24) is 0 Å². The van der Waals surface area contributed by atoms with E-state index >= 15 is 0 Å². The van der Waals surface area contributed by atoms with Crippen molar-refractivity contribution in [3.8, 4) is 0 Å². The Bertz CT molecular complexity index is 950. The van der Waals surface area contributed by atoms with Crippen LogP contribution in [0.1, 0.15) is 16.7 Å². The third kappa shape index (κ3) is 3.46. The van der Waals surface area contributed by atoms with Crippen LogP contribution in [0.15, 0.2) is 91.0 Å². The van der Waals surface area contributed by atoms with Crippen LogP contribution < -0.4 is 0 Å². The fraction of sp³-hybridized carbons (Fsp3) is 0.240. The molecule has 2 aliphatic heterocycles. The van der Waals surface area contributed by atoms with E-state index in [0.29, 0.717) is 0 Å². The number of hydrogen-bond donors (Lipinski definition) is 0. The van der Waals surface area contributed by atoms with E-state index < -0.39 is 24.3 Å². The molecule has 0 unspecified atom stereocenters. The van der Waals surface area contributed by atoms with E-state index in [9.17, 15) is 4.79 Å². The van der Waals surface area contributed by atoms with Gasteiger partial charge in [0.1, 0.15) is 6.10 Å². The van der Waals surface area contributed by atoms with Crippen LogP contribution in [0, 0.1) is 0 Å². The second-order valence-electron chi connectivity index (χ2n) is 7.41. The van der Waals surface area contributed by atoms with Gasteiger partial charge in [-0.15, -0.1) is 0 Å². The van der Waals surface area contributed by atoms with E-state index in [1.807, 2.05) is 91.0 Å². The smallest absolute Gasteiger partial charge is 0.223 e. The van der Waals surface area contributed by atoms with E-state index in [1.165, 1.54) is 0 Å². The van der Waals surface area contributed by atoms with Gasteiger partial charge in [-0.1, -0.05) is 91.0 Å². The van der Waals surface area contributed by atoms with Gasteiger partial charge in [0.25, 0.3) is 0 Å². The average Bonchev–Trinajstić information content (AvgIpc) is 3.23. The lowest BCUT2D eigenvalue weighted by atomic mass is 9.97. The number of fused-ring (bicyclic) bond motifs is 1. The summed E-state index contributed by atoms with van der Waals surface area (Å²) in [7, 11) is 0. The Morgan fingerprint density at radius 2 is 1.37 bits per heavy atom. The van der Waals surface area contributed by atoms with Crippen molar-refractivity contribution < 1.29 is 23.7 Å². The molecule has 0 bridgehead atoms. The highest BCUT2D eigenvalue weighted by molar-refractivity contribution is 5.88. The highest BCUT2D eigenvalue weighted by Gasteiger charge is 2.56. The summed E-state index contributed by atoms with van der Waals surface area (Å²) >= 11 is 0. The van der Waals surface area contributed by atoms with Crippen molar-refractivity contribution in [1.29, 1.82) is 0 Å². The Kier molecular flexibility index (Phi) is 5.19. The van der Waals surface area contributed by atoms with Crippen molar-refractivity contribution >= 4 is 5.78 Å². The predicted molar refractivity (Wildman–Crippen MR) is 109 cm³/mol. The molecule has 0 N–H and O–H groups in total. The molecule has 2 saturated heterocycles. The van der Waals surface area contributed by atoms with Gasteiger partial charge in [-0.05, 0) is 5.56 Å². The highest BCUT2D eigenvalue weighted by atomic mass is 16.8. The van der Waals surface area contributed by atoms with Gasteiger partial charge in [-0.25, -0.2) is 0 Å². The molecule has 2 aliphatic rings. The summed E-state index contributed by atoms with van der Waals surface area (Å²) < 4.78 is 24.2. The third-order valence-corrected chi connectivity index (χ3v) is 5.42. The molecule has 0 aliphatic carbocycles.